The summed E-state index contributed by atoms with van der Waals surface area (Å²) in [6.07, 6.45) is 5.83. The molecule has 0 radical (unpaired) electrons. The van der Waals surface area contributed by atoms with E-state index in [0.717, 1.165) is 0 Å². The molecule has 0 atom stereocenters. The maximum Gasteiger partial charge on any atom is -0.0225 e. The molecule has 62 valence electrons. The van der Waals surface area contributed by atoms with Crippen molar-refractivity contribution in [3.05, 3.63) is 53.6 Å². The van der Waals surface area contributed by atoms with Gasteiger partial charge in [-0.25, -0.2) is 0 Å². The number of allylic oxidation sites excluding steroid dienone is 2. The fourth-order valence-corrected chi connectivity index (χ4v) is 1.13. The maximum atomic E-state index is 3.64. The highest BCUT2D eigenvalue weighted by Gasteiger charge is 1.94. The second-order valence-corrected chi connectivity index (χ2v) is 2.88. The number of hydrogen-bond acceptors (Lipinski definition) is 0. The number of rotatable bonds is 2. The van der Waals surface area contributed by atoms with Crippen molar-refractivity contribution >= 4 is 6.08 Å². The first-order chi connectivity index (χ1) is 5.75. The van der Waals surface area contributed by atoms with Gasteiger partial charge in [0.25, 0.3) is 0 Å². The van der Waals surface area contributed by atoms with Crippen LogP contribution in [0.4, 0.5) is 0 Å². The third-order valence-electron chi connectivity index (χ3n) is 2.06. The number of benzene rings is 1. The lowest BCUT2D eigenvalue weighted by atomic mass is 10.0. The van der Waals surface area contributed by atoms with Crippen LogP contribution in [0.25, 0.3) is 6.08 Å². The normalized spacial score (nSPS) is 10.5. The van der Waals surface area contributed by atoms with Crippen LogP contribution in [0.1, 0.15) is 16.7 Å². The summed E-state index contributed by atoms with van der Waals surface area (Å²) in [7, 11) is 0. The Morgan fingerprint density at radius 2 is 2.00 bits per heavy atom. The van der Waals surface area contributed by atoms with Crippen LogP contribution in [0.15, 0.2) is 36.9 Å². The van der Waals surface area contributed by atoms with Gasteiger partial charge in [0.1, 0.15) is 0 Å². The lowest BCUT2D eigenvalue weighted by Crippen LogP contribution is -1.83. The summed E-state index contributed by atoms with van der Waals surface area (Å²) < 4.78 is 0. The van der Waals surface area contributed by atoms with Crippen LogP contribution in [-0.4, -0.2) is 0 Å². The van der Waals surface area contributed by atoms with Gasteiger partial charge in [0, 0.05) is 0 Å². The van der Waals surface area contributed by atoms with Crippen LogP contribution in [0.5, 0.6) is 0 Å². The Kier molecular flexibility index (Phi) is 2.87. The fourth-order valence-electron chi connectivity index (χ4n) is 1.13. The molecule has 1 rings (SSSR count). The summed E-state index contributed by atoms with van der Waals surface area (Å²) in [5.74, 6) is 0. The van der Waals surface area contributed by atoms with E-state index in [1.165, 1.54) is 16.7 Å². The van der Waals surface area contributed by atoms with Gasteiger partial charge in [-0.1, -0.05) is 43.0 Å². The number of hydrogen-bond donors (Lipinski definition) is 0. The molecule has 0 amide bonds. The summed E-state index contributed by atoms with van der Waals surface area (Å²) in [6.45, 7) is 7.90. The molecule has 0 aliphatic carbocycles. The van der Waals surface area contributed by atoms with Gasteiger partial charge >= 0.3 is 0 Å². The zero-order valence-electron chi connectivity index (χ0n) is 7.67. The van der Waals surface area contributed by atoms with Gasteiger partial charge in [-0.3, -0.25) is 0 Å². The molecule has 0 heteroatoms. The lowest BCUT2D eigenvalue weighted by Gasteiger charge is -2.02. The summed E-state index contributed by atoms with van der Waals surface area (Å²) in [4.78, 5) is 0. The third kappa shape index (κ3) is 1.85. The monoisotopic (exact) mass is 158 g/mol. The minimum absolute atomic E-state index is 1.27. The molecule has 0 unspecified atom stereocenters. The highest BCUT2D eigenvalue weighted by molar-refractivity contribution is 5.56. The van der Waals surface area contributed by atoms with Gasteiger partial charge in [0.2, 0.25) is 0 Å². The topological polar surface area (TPSA) is 0 Å². The van der Waals surface area contributed by atoms with Crippen molar-refractivity contribution in [2.24, 2.45) is 0 Å². The van der Waals surface area contributed by atoms with Gasteiger partial charge in [-0.2, -0.15) is 0 Å². The molecular formula is C12H14. The van der Waals surface area contributed by atoms with Crippen molar-refractivity contribution in [2.75, 3.05) is 0 Å². The van der Waals surface area contributed by atoms with Crippen LogP contribution in [-0.2, 0) is 0 Å². The quantitative estimate of drug-likeness (QED) is 0.578. The molecule has 0 N–H and O–H groups in total. The minimum Gasteiger partial charge on any atom is -0.0991 e. The largest absolute Gasteiger partial charge is 0.0991 e. The van der Waals surface area contributed by atoms with E-state index in [1.54, 1.807) is 6.08 Å². The predicted octanol–water partition coefficient (Wildman–Crippen LogP) is 3.50. The smallest absolute Gasteiger partial charge is 0.0225 e. The van der Waals surface area contributed by atoms with Crippen molar-refractivity contribution in [1.82, 2.24) is 0 Å². The molecule has 0 fully saturated rings. The van der Waals surface area contributed by atoms with Gasteiger partial charge < -0.3 is 0 Å². The van der Waals surface area contributed by atoms with E-state index in [0.29, 0.717) is 0 Å². The van der Waals surface area contributed by atoms with E-state index in [4.69, 9.17) is 0 Å². The van der Waals surface area contributed by atoms with Crippen LogP contribution >= 0.6 is 0 Å². The zero-order valence-corrected chi connectivity index (χ0v) is 7.67. The van der Waals surface area contributed by atoms with Gasteiger partial charge in [-0.05, 0) is 30.5 Å². The van der Waals surface area contributed by atoms with Crippen molar-refractivity contribution in [1.29, 1.82) is 0 Å². The first-order valence-electron chi connectivity index (χ1n) is 4.11. The summed E-state index contributed by atoms with van der Waals surface area (Å²) in [6, 6.07) is 6.31. The van der Waals surface area contributed by atoms with Crippen LogP contribution in [0.3, 0.4) is 0 Å². The molecule has 1 aromatic carbocycles. The maximum absolute atomic E-state index is 3.64. The molecule has 0 aromatic heterocycles. The SMILES string of the molecule is C=C/C=C\c1cccc(C)c1C. The average molecular weight is 158 g/mol. The lowest BCUT2D eigenvalue weighted by molar-refractivity contribution is 1.33. The molecule has 1 aromatic rings. The van der Waals surface area contributed by atoms with Crippen molar-refractivity contribution in [2.45, 2.75) is 13.8 Å². The molecule has 0 spiro atoms. The zero-order chi connectivity index (χ0) is 8.97. The standard InChI is InChI=1S/C12H14/c1-4-5-8-12-9-6-7-10(2)11(12)3/h4-9H,1H2,2-3H3/b8-5-. The predicted molar refractivity (Wildman–Crippen MR) is 55.1 cm³/mol. The summed E-state index contributed by atoms with van der Waals surface area (Å²) in [5, 5.41) is 0. The Bertz CT molecular complexity index is 306. The molecule has 0 aliphatic rings. The molecule has 0 nitrogen and oxygen atoms in total. The molecule has 0 saturated carbocycles. The van der Waals surface area contributed by atoms with E-state index < -0.39 is 0 Å². The second-order valence-electron chi connectivity index (χ2n) is 2.88. The molecule has 0 bridgehead atoms. The highest BCUT2D eigenvalue weighted by Crippen LogP contribution is 2.13. The van der Waals surface area contributed by atoms with E-state index in [1.807, 2.05) is 6.08 Å². The Hall–Kier alpha value is -1.30. The molecule has 12 heavy (non-hydrogen) atoms. The van der Waals surface area contributed by atoms with E-state index in [2.05, 4.69) is 44.7 Å². The van der Waals surface area contributed by atoms with Gasteiger partial charge in [0.15, 0.2) is 0 Å². The van der Waals surface area contributed by atoms with Crippen LogP contribution < -0.4 is 0 Å². The summed E-state index contributed by atoms with van der Waals surface area (Å²) >= 11 is 0. The third-order valence-corrected chi connectivity index (χ3v) is 2.06. The Morgan fingerprint density at radius 1 is 1.25 bits per heavy atom. The fraction of sp³-hybridized carbons (Fsp3) is 0.167. The first-order valence-corrected chi connectivity index (χ1v) is 4.11. The highest BCUT2D eigenvalue weighted by atomic mass is 14.0. The molecule has 0 aliphatic heterocycles. The Balaban J connectivity index is 3.07. The molecule has 0 heterocycles. The average Bonchev–Trinajstić information content (AvgIpc) is 2.08. The Morgan fingerprint density at radius 3 is 2.67 bits per heavy atom. The molecule has 0 saturated heterocycles. The minimum atomic E-state index is 1.27. The van der Waals surface area contributed by atoms with Gasteiger partial charge in [-0.15, -0.1) is 0 Å². The van der Waals surface area contributed by atoms with Crippen molar-refractivity contribution < 1.29 is 0 Å². The molecular weight excluding hydrogens is 144 g/mol. The van der Waals surface area contributed by atoms with E-state index >= 15 is 0 Å². The van der Waals surface area contributed by atoms with Crippen LogP contribution in [0.2, 0.25) is 0 Å². The second kappa shape index (κ2) is 3.91. The Labute approximate surface area is 74.2 Å². The summed E-state index contributed by atoms with van der Waals surface area (Å²) in [5.41, 5.74) is 3.95. The van der Waals surface area contributed by atoms with E-state index in [-0.39, 0.29) is 0 Å². The first kappa shape index (κ1) is 8.79. The number of aryl methyl sites for hydroxylation is 1. The van der Waals surface area contributed by atoms with Crippen molar-refractivity contribution in [3.63, 3.8) is 0 Å². The van der Waals surface area contributed by atoms with Crippen LogP contribution in [0, 0.1) is 13.8 Å². The van der Waals surface area contributed by atoms with Crippen molar-refractivity contribution in [3.8, 4) is 0 Å². The van der Waals surface area contributed by atoms with Gasteiger partial charge in [0.05, 0.1) is 0 Å². The van der Waals surface area contributed by atoms with E-state index in [9.17, 15) is 0 Å².